The van der Waals surface area contributed by atoms with E-state index in [-0.39, 0.29) is 56.3 Å². The van der Waals surface area contributed by atoms with E-state index in [2.05, 4.69) is 6.92 Å². The van der Waals surface area contributed by atoms with E-state index in [4.69, 9.17) is 4.74 Å². The zero-order valence-corrected chi connectivity index (χ0v) is 18.8. The third kappa shape index (κ3) is 7.91. The van der Waals surface area contributed by atoms with Crippen LogP contribution in [0.25, 0.3) is 0 Å². The van der Waals surface area contributed by atoms with Crippen molar-refractivity contribution in [2.24, 2.45) is 0 Å². The predicted molar refractivity (Wildman–Crippen MR) is 93.4 cm³/mol. The van der Waals surface area contributed by atoms with E-state index in [0.717, 1.165) is 18.4 Å². The Morgan fingerprint density at radius 2 is 1.68 bits per heavy atom. The Bertz CT molecular complexity index is 760. The monoisotopic (exact) mass is 386 g/mol. The minimum atomic E-state index is -4.48. The van der Waals surface area contributed by atoms with Crippen LogP contribution >= 0.6 is 0 Å². The molecule has 0 aliphatic carbocycles. The van der Waals surface area contributed by atoms with Gasteiger partial charge in [0.05, 0.1) is 4.90 Å². The first kappa shape index (κ1) is 22.8. The van der Waals surface area contributed by atoms with Gasteiger partial charge < -0.3 is 9.29 Å². The third-order valence-electron chi connectivity index (χ3n) is 3.84. The van der Waals surface area contributed by atoms with Crippen molar-refractivity contribution in [1.82, 2.24) is 0 Å². The molecule has 130 valence electrons. The van der Waals surface area contributed by atoms with Gasteiger partial charge in [-0.05, 0) is 42.7 Å². The van der Waals surface area contributed by atoms with E-state index in [0.29, 0.717) is 11.5 Å². The molecule has 0 radical (unpaired) electrons. The van der Waals surface area contributed by atoms with Gasteiger partial charge in [-0.2, -0.15) is 0 Å². The van der Waals surface area contributed by atoms with Crippen molar-refractivity contribution in [3.05, 3.63) is 54.1 Å². The van der Waals surface area contributed by atoms with E-state index in [1.165, 1.54) is 43.9 Å². The summed E-state index contributed by atoms with van der Waals surface area (Å²) < 4.78 is 39.2. The maximum Gasteiger partial charge on any atom is 1.00 e. The van der Waals surface area contributed by atoms with Crippen LogP contribution in [0.4, 0.5) is 0 Å². The van der Waals surface area contributed by atoms with Crippen molar-refractivity contribution in [1.29, 1.82) is 0 Å². The molecule has 0 saturated heterocycles. The Balaban J connectivity index is 0.00000312. The molecule has 0 saturated carbocycles. The predicted octanol–water partition coefficient (Wildman–Crippen LogP) is 1.90. The molecule has 0 heterocycles. The Morgan fingerprint density at radius 3 is 2.40 bits per heavy atom. The molecule has 2 aromatic rings. The summed E-state index contributed by atoms with van der Waals surface area (Å²) in [5.41, 5.74) is 1.09. The number of aryl methyl sites for hydroxylation is 1. The molecule has 0 amide bonds. The Hall–Kier alpha value is -0.214. The van der Waals surface area contributed by atoms with Gasteiger partial charge in [-0.1, -0.05) is 56.9 Å². The van der Waals surface area contributed by atoms with Gasteiger partial charge in [-0.25, -0.2) is 8.42 Å². The van der Waals surface area contributed by atoms with Crippen LogP contribution in [0.1, 0.15) is 44.6 Å². The average Bonchev–Trinajstić information content (AvgIpc) is 2.56. The summed E-state index contributed by atoms with van der Waals surface area (Å²) in [6, 6.07) is 13.4. The summed E-state index contributed by atoms with van der Waals surface area (Å²) in [4.78, 5) is -0.281. The molecular formula is C19H23KO4S. The smallest absolute Gasteiger partial charge is 0.744 e. The Kier molecular flexibility index (Phi) is 10.5. The van der Waals surface area contributed by atoms with E-state index >= 15 is 0 Å². The maximum absolute atomic E-state index is 11.1. The number of benzene rings is 2. The first-order valence-electron chi connectivity index (χ1n) is 8.32. The Morgan fingerprint density at radius 1 is 0.960 bits per heavy atom. The molecule has 6 heteroatoms. The summed E-state index contributed by atoms with van der Waals surface area (Å²) in [6.45, 7) is 2.19. The molecule has 4 nitrogen and oxygen atoms in total. The average molecular weight is 387 g/mol. The molecule has 0 aliphatic heterocycles. The number of unbranched alkanes of at least 4 members (excludes halogenated alkanes) is 4. The molecule has 2 rings (SSSR count). The van der Waals surface area contributed by atoms with Crippen LogP contribution in [0.5, 0.6) is 11.5 Å². The maximum atomic E-state index is 11.1. The molecule has 0 N–H and O–H groups in total. The van der Waals surface area contributed by atoms with Crippen LogP contribution in [0.15, 0.2) is 53.4 Å². The van der Waals surface area contributed by atoms with Crippen molar-refractivity contribution >= 4 is 10.1 Å². The molecule has 0 bridgehead atoms. The van der Waals surface area contributed by atoms with Crippen LogP contribution in [0.2, 0.25) is 0 Å². The van der Waals surface area contributed by atoms with Gasteiger partial charge in [0.1, 0.15) is 21.6 Å². The van der Waals surface area contributed by atoms with Gasteiger partial charge in [0.25, 0.3) is 0 Å². The molecule has 0 atom stereocenters. The number of ether oxygens (including phenoxy) is 1. The molecule has 0 fully saturated rings. The number of hydrogen-bond acceptors (Lipinski definition) is 4. The second-order valence-corrected chi connectivity index (χ2v) is 7.18. The van der Waals surface area contributed by atoms with Crippen LogP contribution in [0, 0.1) is 0 Å². The van der Waals surface area contributed by atoms with Crippen molar-refractivity contribution in [2.75, 3.05) is 0 Å². The van der Waals surface area contributed by atoms with E-state index in [1.807, 2.05) is 24.3 Å². The van der Waals surface area contributed by atoms with Crippen molar-refractivity contribution < 1.29 is 69.1 Å². The molecule has 25 heavy (non-hydrogen) atoms. The molecule has 2 aromatic carbocycles. The van der Waals surface area contributed by atoms with Crippen LogP contribution in [-0.2, 0) is 16.5 Å². The summed E-state index contributed by atoms with van der Waals surface area (Å²) in [5, 5.41) is 0. The quantitative estimate of drug-likeness (QED) is 0.375. The van der Waals surface area contributed by atoms with Gasteiger partial charge in [0.15, 0.2) is 0 Å². The fourth-order valence-corrected chi connectivity index (χ4v) is 3.05. The molecular weight excluding hydrogens is 363 g/mol. The largest absolute Gasteiger partial charge is 1.00 e. The third-order valence-corrected chi connectivity index (χ3v) is 4.68. The minimum absolute atomic E-state index is 0. The number of rotatable bonds is 9. The Labute approximate surface area is 193 Å². The topological polar surface area (TPSA) is 66.4 Å². The minimum Gasteiger partial charge on any atom is -0.744 e. The number of para-hydroxylation sites is 1. The van der Waals surface area contributed by atoms with Crippen molar-refractivity contribution in [2.45, 2.75) is 50.3 Å². The number of hydrogen-bond donors (Lipinski definition) is 0. The van der Waals surface area contributed by atoms with Gasteiger partial charge >= 0.3 is 51.4 Å². The summed E-state index contributed by atoms with van der Waals surface area (Å²) in [5.74, 6) is 1.05. The van der Waals surface area contributed by atoms with Gasteiger partial charge in [0.2, 0.25) is 0 Å². The normalized spacial score (nSPS) is 11.0. The van der Waals surface area contributed by atoms with Crippen molar-refractivity contribution in [3.63, 3.8) is 0 Å². The first-order chi connectivity index (χ1) is 11.5. The van der Waals surface area contributed by atoms with Gasteiger partial charge in [0, 0.05) is 0 Å². The van der Waals surface area contributed by atoms with Crippen LogP contribution < -0.4 is 56.1 Å². The molecule has 0 aromatic heterocycles. The zero-order chi connectivity index (χ0) is 17.4. The van der Waals surface area contributed by atoms with Crippen LogP contribution in [0.3, 0.4) is 0 Å². The SMILES string of the molecule is CCCCCCCc1ccccc1Oc1cccc(S(=O)(=O)[O-])c1.[K+]. The standard InChI is InChI=1S/C19H24O4S.K/c1-2-3-4-5-6-10-16-11-7-8-14-19(16)23-17-12-9-13-18(15-17)24(20,21)22;/h7-9,11-15H,2-6,10H2,1H3,(H,20,21,22);/q;+1/p-1. The first-order valence-corrected chi connectivity index (χ1v) is 9.73. The zero-order valence-electron chi connectivity index (χ0n) is 14.9. The summed E-state index contributed by atoms with van der Waals surface area (Å²) in [7, 11) is -4.48. The van der Waals surface area contributed by atoms with Crippen molar-refractivity contribution in [3.8, 4) is 11.5 Å². The van der Waals surface area contributed by atoms with Gasteiger partial charge in [-0.15, -0.1) is 0 Å². The second kappa shape index (κ2) is 11.5. The fourth-order valence-electron chi connectivity index (χ4n) is 2.55. The van der Waals surface area contributed by atoms with Crippen LogP contribution in [-0.4, -0.2) is 13.0 Å². The fraction of sp³-hybridized carbons (Fsp3) is 0.368. The van der Waals surface area contributed by atoms with E-state index in [9.17, 15) is 13.0 Å². The van der Waals surface area contributed by atoms with Gasteiger partial charge in [-0.3, -0.25) is 0 Å². The molecule has 0 unspecified atom stereocenters. The summed E-state index contributed by atoms with van der Waals surface area (Å²) >= 11 is 0. The molecule has 0 spiro atoms. The van der Waals surface area contributed by atoms with E-state index in [1.54, 1.807) is 6.07 Å². The molecule has 0 aliphatic rings. The van der Waals surface area contributed by atoms with E-state index < -0.39 is 10.1 Å². The summed E-state index contributed by atoms with van der Waals surface area (Å²) in [6.07, 6.45) is 6.91. The second-order valence-electron chi connectivity index (χ2n) is 5.80.